The zero-order valence-corrected chi connectivity index (χ0v) is 20.2. The molecule has 0 saturated heterocycles. The van der Waals surface area contributed by atoms with Crippen LogP contribution in [-0.4, -0.2) is 19.0 Å². The van der Waals surface area contributed by atoms with Gasteiger partial charge in [-0.1, -0.05) is 87.5 Å². The van der Waals surface area contributed by atoms with E-state index in [1.54, 1.807) is 7.11 Å². The van der Waals surface area contributed by atoms with Crippen molar-refractivity contribution < 1.29 is 14.6 Å². The lowest BCUT2D eigenvalue weighted by Gasteiger charge is -2.22. The summed E-state index contributed by atoms with van der Waals surface area (Å²) in [6.07, 6.45) is 21.7. The average Bonchev–Trinajstić information content (AvgIpc) is 2.85. The van der Waals surface area contributed by atoms with Gasteiger partial charge >= 0.3 is 0 Å². The van der Waals surface area contributed by atoms with Gasteiger partial charge < -0.3 is 14.6 Å². The topological polar surface area (TPSA) is 38.7 Å². The highest BCUT2D eigenvalue weighted by atomic mass is 31.1. The summed E-state index contributed by atoms with van der Waals surface area (Å²) >= 11 is 0. The number of hydrogen-bond donors (Lipinski definition) is 1. The number of rotatable bonds is 10. The molecule has 0 saturated carbocycles. The Balaban J connectivity index is 1.72. The smallest absolute Gasteiger partial charge is 0.188 e. The molecule has 33 heavy (non-hydrogen) atoms. The van der Waals surface area contributed by atoms with Crippen molar-refractivity contribution in [1.82, 2.24) is 0 Å². The van der Waals surface area contributed by atoms with Crippen LogP contribution in [0.25, 0.3) is 0 Å². The van der Waals surface area contributed by atoms with E-state index in [1.165, 1.54) is 16.4 Å². The number of hydrogen-bond acceptors (Lipinski definition) is 3. The number of aliphatic hydroxyl groups excluding tert-OH is 1. The van der Waals surface area contributed by atoms with E-state index in [2.05, 4.69) is 66.8 Å². The normalized spacial score (nSPS) is 19.6. The van der Waals surface area contributed by atoms with Gasteiger partial charge in [0.2, 0.25) is 0 Å². The van der Waals surface area contributed by atoms with Crippen molar-refractivity contribution in [2.24, 2.45) is 11.8 Å². The van der Waals surface area contributed by atoms with Gasteiger partial charge in [-0.25, -0.2) is 0 Å². The second-order valence-corrected chi connectivity index (χ2v) is 9.98. The van der Waals surface area contributed by atoms with Crippen molar-refractivity contribution in [2.75, 3.05) is 13.9 Å². The molecule has 4 rings (SSSR count). The van der Waals surface area contributed by atoms with Gasteiger partial charge in [0.25, 0.3) is 0 Å². The Labute approximate surface area is 199 Å². The van der Waals surface area contributed by atoms with Crippen molar-refractivity contribution in [3.8, 4) is 5.75 Å². The first kappa shape index (κ1) is 23.7. The third-order valence-corrected chi connectivity index (χ3v) is 7.52. The molecule has 0 spiro atoms. The third kappa shape index (κ3) is 6.54. The van der Waals surface area contributed by atoms with Crippen LogP contribution in [0, 0.1) is 11.8 Å². The van der Waals surface area contributed by atoms with E-state index < -0.39 is 0 Å². The molecule has 0 aromatic heterocycles. The van der Waals surface area contributed by atoms with Crippen molar-refractivity contribution in [2.45, 2.75) is 32.3 Å². The molecule has 0 aliphatic heterocycles. The van der Waals surface area contributed by atoms with E-state index in [0.29, 0.717) is 20.4 Å². The summed E-state index contributed by atoms with van der Waals surface area (Å²) in [5.41, 5.74) is 3.56. The summed E-state index contributed by atoms with van der Waals surface area (Å²) in [5, 5.41) is 12.2. The fourth-order valence-corrected chi connectivity index (χ4v) is 5.88. The molecule has 0 radical (unpaired) electrons. The predicted octanol–water partition coefficient (Wildman–Crippen LogP) is 5.14. The molecule has 2 aromatic carbocycles. The molecule has 0 heterocycles. The fourth-order valence-electron chi connectivity index (χ4n) is 4.48. The van der Waals surface area contributed by atoms with E-state index >= 15 is 0 Å². The summed E-state index contributed by atoms with van der Waals surface area (Å²) in [6, 6.07) is 12.8. The van der Waals surface area contributed by atoms with E-state index in [4.69, 9.17) is 9.47 Å². The zero-order valence-electron chi connectivity index (χ0n) is 19.2. The Kier molecular flexibility index (Phi) is 8.72. The Morgan fingerprint density at radius 1 is 0.879 bits per heavy atom. The van der Waals surface area contributed by atoms with Gasteiger partial charge in [-0.15, -0.1) is 0 Å². The van der Waals surface area contributed by atoms with Crippen LogP contribution in [0.1, 0.15) is 29.5 Å². The maximum atomic E-state index is 9.87. The third-order valence-electron chi connectivity index (χ3n) is 6.12. The first-order valence-corrected chi connectivity index (χ1v) is 12.7. The fraction of sp³-hybridized carbons (Fsp3) is 0.310. The monoisotopic (exact) mass is 460 g/mol. The van der Waals surface area contributed by atoms with Crippen LogP contribution in [0.4, 0.5) is 0 Å². The minimum Gasteiger partial charge on any atom is -0.467 e. The zero-order chi connectivity index (χ0) is 22.9. The van der Waals surface area contributed by atoms with Gasteiger partial charge in [0, 0.05) is 12.4 Å². The van der Waals surface area contributed by atoms with Gasteiger partial charge in [-0.05, 0) is 65.6 Å². The molecule has 2 aliphatic carbocycles. The molecule has 2 aliphatic rings. The molecule has 3 unspecified atom stereocenters. The minimum atomic E-state index is 0.0440. The Bertz CT molecular complexity index is 1050. The predicted molar refractivity (Wildman–Crippen MR) is 139 cm³/mol. The first-order valence-electron chi connectivity index (χ1n) is 11.7. The molecule has 2 aromatic rings. The summed E-state index contributed by atoms with van der Waals surface area (Å²) < 4.78 is 11.5. The second kappa shape index (κ2) is 12.1. The van der Waals surface area contributed by atoms with Gasteiger partial charge in [0.15, 0.2) is 6.79 Å². The maximum absolute atomic E-state index is 9.87. The maximum Gasteiger partial charge on any atom is 0.188 e. The van der Waals surface area contributed by atoms with Gasteiger partial charge in [0.05, 0.1) is 6.61 Å². The standard InChI is InChI=1S/C29H33O3P/c1-31-21-32-29-26(17-23-12-6-3-7-13-23)18-24(16-22-10-4-2-5-11-22)19-28(29)33-27-15-9-8-14-25(27)20-30/h2-10,12,14-15,18-19,22-23,30,33H,11,13,16-17,20-21H2,1H3. The quantitative estimate of drug-likeness (QED) is 0.394. The van der Waals surface area contributed by atoms with Crippen LogP contribution in [0.15, 0.2) is 85.0 Å². The van der Waals surface area contributed by atoms with Crippen LogP contribution in [0.2, 0.25) is 0 Å². The second-order valence-electron chi connectivity index (χ2n) is 8.65. The van der Waals surface area contributed by atoms with Crippen LogP contribution in [0.5, 0.6) is 5.75 Å². The number of aliphatic hydroxyl groups is 1. The van der Waals surface area contributed by atoms with E-state index in [0.717, 1.165) is 42.3 Å². The van der Waals surface area contributed by atoms with Crippen molar-refractivity contribution in [3.63, 3.8) is 0 Å². The summed E-state index contributed by atoms with van der Waals surface area (Å²) in [7, 11) is 2.07. The molecular weight excluding hydrogens is 427 g/mol. The lowest BCUT2D eigenvalue weighted by molar-refractivity contribution is 0.0511. The molecule has 0 bridgehead atoms. The van der Waals surface area contributed by atoms with Crippen LogP contribution in [-0.2, 0) is 24.2 Å². The Morgan fingerprint density at radius 3 is 2.27 bits per heavy atom. The molecule has 3 atom stereocenters. The molecule has 4 heteroatoms. The first-order chi connectivity index (χ1) is 16.3. The molecule has 0 fully saturated rings. The van der Waals surface area contributed by atoms with E-state index in [1.807, 2.05) is 18.2 Å². The number of methoxy groups -OCH3 is 1. The Morgan fingerprint density at radius 2 is 1.61 bits per heavy atom. The van der Waals surface area contributed by atoms with Gasteiger partial charge in [-0.3, -0.25) is 0 Å². The Hall–Kier alpha value is -2.45. The summed E-state index contributed by atoms with van der Waals surface area (Å²) in [5.74, 6) is 1.93. The molecule has 0 amide bonds. The van der Waals surface area contributed by atoms with Gasteiger partial charge in [-0.2, -0.15) is 0 Å². The van der Waals surface area contributed by atoms with Gasteiger partial charge in [0.1, 0.15) is 5.75 Å². The lowest BCUT2D eigenvalue weighted by Crippen LogP contribution is -2.17. The molecule has 1 N–H and O–H groups in total. The molecule has 172 valence electrons. The summed E-state index contributed by atoms with van der Waals surface area (Å²) in [6.45, 7) is 0.268. The van der Waals surface area contributed by atoms with E-state index in [9.17, 15) is 5.11 Å². The van der Waals surface area contributed by atoms with Crippen molar-refractivity contribution in [1.29, 1.82) is 0 Å². The molecular formula is C29H33O3P. The highest BCUT2D eigenvalue weighted by Crippen LogP contribution is 2.31. The largest absolute Gasteiger partial charge is 0.467 e. The van der Waals surface area contributed by atoms with Crippen molar-refractivity contribution >= 4 is 19.2 Å². The van der Waals surface area contributed by atoms with Crippen LogP contribution in [0.3, 0.4) is 0 Å². The molecule has 3 nitrogen and oxygen atoms in total. The average molecular weight is 461 g/mol. The van der Waals surface area contributed by atoms with E-state index in [-0.39, 0.29) is 13.4 Å². The van der Waals surface area contributed by atoms with Crippen LogP contribution < -0.4 is 15.3 Å². The number of benzene rings is 2. The minimum absolute atomic E-state index is 0.0440. The summed E-state index contributed by atoms with van der Waals surface area (Å²) in [4.78, 5) is 0. The van der Waals surface area contributed by atoms with Crippen molar-refractivity contribution in [3.05, 3.63) is 102 Å². The number of ether oxygens (including phenoxy) is 2. The lowest BCUT2D eigenvalue weighted by atomic mass is 9.89. The van der Waals surface area contributed by atoms with Crippen LogP contribution >= 0.6 is 8.58 Å². The highest BCUT2D eigenvalue weighted by Gasteiger charge is 2.19. The highest BCUT2D eigenvalue weighted by molar-refractivity contribution is 7.55. The SMILES string of the molecule is COCOc1c(CC2C=CC=CC2)cc(CC2C=CC=CC2)cc1Pc1ccccc1CO. The number of allylic oxidation sites excluding steroid dienone is 8.